The highest BCUT2D eigenvalue weighted by atomic mass is 35.5. The van der Waals surface area contributed by atoms with E-state index in [0.717, 1.165) is 11.1 Å². The number of methoxy groups -OCH3 is 1. The average molecular weight is 317 g/mol. The minimum absolute atomic E-state index is 0.320. The topological polar surface area (TPSA) is 73.1 Å². The Morgan fingerprint density at radius 3 is 3.00 bits per heavy atom. The van der Waals surface area contributed by atoms with Gasteiger partial charge < -0.3 is 14.6 Å². The van der Waals surface area contributed by atoms with Crippen LogP contribution in [0.2, 0.25) is 5.02 Å². The molecule has 2 aromatic heterocycles. The molecule has 0 unspecified atom stereocenters. The lowest BCUT2D eigenvalue weighted by molar-refractivity contribution is 0.392. The molecule has 6 nitrogen and oxygen atoms in total. The van der Waals surface area contributed by atoms with E-state index in [1.54, 1.807) is 25.4 Å². The van der Waals surface area contributed by atoms with Crippen LogP contribution in [-0.2, 0) is 6.54 Å². The van der Waals surface area contributed by atoms with Crippen molar-refractivity contribution in [1.29, 1.82) is 0 Å². The van der Waals surface area contributed by atoms with Gasteiger partial charge in [-0.2, -0.15) is 4.98 Å². The van der Waals surface area contributed by atoms with Gasteiger partial charge in [0.2, 0.25) is 11.7 Å². The lowest BCUT2D eigenvalue weighted by Crippen LogP contribution is -2.02. The first kappa shape index (κ1) is 14.3. The summed E-state index contributed by atoms with van der Waals surface area (Å²) in [5, 5.41) is 7.60. The minimum atomic E-state index is 0.320. The van der Waals surface area contributed by atoms with E-state index >= 15 is 0 Å². The molecular weight excluding hydrogens is 304 g/mol. The summed E-state index contributed by atoms with van der Waals surface area (Å²) in [5.74, 6) is 1.03. The van der Waals surface area contributed by atoms with E-state index in [4.69, 9.17) is 20.9 Å². The van der Waals surface area contributed by atoms with Gasteiger partial charge >= 0.3 is 6.01 Å². The SMILES string of the molecule is COc1ncccc1CNc1nc(-c2cccc(Cl)c2)no1. The number of rotatable bonds is 5. The quantitative estimate of drug-likeness (QED) is 0.777. The van der Waals surface area contributed by atoms with Crippen LogP contribution in [0.1, 0.15) is 5.56 Å². The molecule has 7 heteroatoms. The van der Waals surface area contributed by atoms with Gasteiger partial charge in [-0.25, -0.2) is 4.98 Å². The van der Waals surface area contributed by atoms with E-state index in [1.165, 1.54) is 0 Å². The largest absolute Gasteiger partial charge is 0.481 e. The number of nitrogens with zero attached hydrogens (tertiary/aromatic N) is 3. The number of benzene rings is 1. The lowest BCUT2D eigenvalue weighted by atomic mass is 10.2. The Kier molecular flexibility index (Phi) is 4.20. The third kappa shape index (κ3) is 3.17. The Balaban J connectivity index is 1.72. The van der Waals surface area contributed by atoms with Crippen LogP contribution < -0.4 is 10.1 Å². The van der Waals surface area contributed by atoms with Crippen LogP contribution in [0.4, 0.5) is 6.01 Å². The molecule has 0 aliphatic carbocycles. The third-order valence-corrected chi connectivity index (χ3v) is 3.22. The Morgan fingerprint density at radius 2 is 2.18 bits per heavy atom. The van der Waals surface area contributed by atoms with Crippen LogP contribution in [-0.4, -0.2) is 22.2 Å². The summed E-state index contributed by atoms with van der Waals surface area (Å²) in [6, 6.07) is 11.3. The maximum absolute atomic E-state index is 5.95. The molecule has 0 spiro atoms. The maximum Gasteiger partial charge on any atom is 0.322 e. The van der Waals surface area contributed by atoms with Crippen LogP contribution >= 0.6 is 11.6 Å². The minimum Gasteiger partial charge on any atom is -0.481 e. The zero-order valence-corrected chi connectivity index (χ0v) is 12.5. The molecule has 0 atom stereocenters. The summed E-state index contributed by atoms with van der Waals surface area (Å²) in [7, 11) is 1.58. The summed E-state index contributed by atoms with van der Waals surface area (Å²) >= 11 is 5.95. The van der Waals surface area contributed by atoms with Crippen LogP contribution in [0.15, 0.2) is 47.1 Å². The lowest BCUT2D eigenvalue weighted by Gasteiger charge is -2.06. The van der Waals surface area contributed by atoms with Crippen molar-refractivity contribution in [1.82, 2.24) is 15.1 Å². The second-order valence-electron chi connectivity index (χ2n) is 4.46. The number of nitrogens with one attached hydrogen (secondary N) is 1. The van der Waals surface area contributed by atoms with Gasteiger partial charge in [0, 0.05) is 28.9 Å². The smallest absolute Gasteiger partial charge is 0.322 e. The van der Waals surface area contributed by atoms with Gasteiger partial charge in [0.15, 0.2) is 0 Å². The number of hydrogen-bond acceptors (Lipinski definition) is 6. The molecule has 3 rings (SSSR count). The monoisotopic (exact) mass is 316 g/mol. The van der Waals surface area contributed by atoms with E-state index in [9.17, 15) is 0 Å². The molecule has 0 radical (unpaired) electrons. The van der Waals surface area contributed by atoms with Gasteiger partial charge in [0.1, 0.15) is 0 Å². The van der Waals surface area contributed by atoms with Crippen molar-refractivity contribution in [2.24, 2.45) is 0 Å². The molecule has 1 aromatic carbocycles. The first-order valence-electron chi connectivity index (χ1n) is 6.57. The summed E-state index contributed by atoms with van der Waals surface area (Å²) in [5.41, 5.74) is 1.69. The van der Waals surface area contributed by atoms with E-state index < -0.39 is 0 Å². The molecule has 0 saturated heterocycles. The van der Waals surface area contributed by atoms with E-state index in [-0.39, 0.29) is 0 Å². The summed E-state index contributed by atoms with van der Waals surface area (Å²) < 4.78 is 10.4. The number of hydrogen-bond donors (Lipinski definition) is 1. The normalized spacial score (nSPS) is 10.5. The van der Waals surface area contributed by atoms with E-state index in [2.05, 4.69) is 20.4 Å². The molecule has 0 bridgehead atoms. The molecule has 0 fully saturated rings. The second-order valence-corrected chi connectivity index (χ2v) is 4.90. The predicted octanol–water partition coefficient (Wildman–Crippen LogP) is 3.41. The molecule has 0 aliphatic heterocycles. The van der Waals surface area contributed by atoms with Crippen molar-refractivity contribution in [2.45, 2.75) is 6.54 Å². The molecular formula is C15H13ClN4O2. The van der Waals surface area contributed by atoms with E-state index in [0.29, 0.717) is 29.3 Å². The van der Waals surface area contributed by atoms with Gasteiger partial charge in [0.25, 0.3) is 0 Å². The zero-order valence-electron chi connectivity index (χ0n) is 11.8. The number of pyridine rings is 1. The fraction of sp³-hybridized carbons (Fsp3) is 0.133. The standard InChI is InChI=1S/C15H13ClN4O2/c1-21-14-11(5-3-7-17-14)9-18-15-19-13(20-22-15)10-4-2-6-12(16)8-10/h2-8H,9H2,1H3,(H,18,19,20). The van der Waals surface area contributed by atoms with Gasteiger partial charge in [0.05, 0.1) is 7.11 Å². The first-order valence-corrected chi connectivity index (χ1v) is 6.95. The van der Waals surface area contributed by atoms with E-state index in [1.807, 2.05) is 24.3 Å². The van der Waals surface area contributed by atoms with Crippen molar-refractivity contribution in [3.8, 4) is 17.3 Å². The third-order valence-electron chi connectivity index (χ3n) is 2.98. The summed E-state index contributed by atoms with van der Waals surface area (Å²) in [4.78, 5) is 8.41. The highest BCUT2D eigenvalue weighted by molar-refractivity contribution is 6.30. The first-order chi connectivity index (χ1) is 10.8. The zero-order chi connectivity index (χ0) is 15.4. The van der Waals surface area contributed by atoms with Crippen LogP contribution in [0.25, 0.3) is 11.4 Å². The van der Waals surface area contributed by atoms with Crippen molar-refractivity contribution >= 4 is 17.6 Å². The molecule has 2 heterocycles. The number of aromatic nitrogens is 3. The van der Waals surface area contributed by atoms with Crippen LogP contribution in [0.5, 0.6) is 5.88 Å². The maximum atomic E-state index is 5.95. The molecule has 0 aliphatic rings. The fourth-order valence-corrected chi connectivity index (χ4v) is 2.14. The summed E-state index contributed by atoms with van der Waals surface area (Å²) in [6.45, 7) is 0.466. The Morgan fingerprint density at radius 1 is 1.27 bits per heavy atom. The predicted molar refractivity (Wildman–Crippen MR) is 82.9 cm³/mol. The number of ether oxygens (including phenoxy) is 1. The Hall–Kier alpha value is -2.60. The highest BCUT2D eigenvalue weighted by Crippen LogP contribution is 2.22. The number of halogens is 1. The van der Waals surface area contributed by atoms with Crippen molar-refractivity contribution in [3.05, 3.63) is 53.2 Å². The van der Waals surface area contributed by atoms with Crippen LogP contribution in [0.3, 0.4) is 0 Å². The molecule has 1 N–H and O–H groups in total. The van der Waals surface area contributed by atoms with Crippen molar-refractivity contribution in [2.75, 3.05) is 12.4 Å². The van der Waals surface area contributed by atoms with Gasteiger partial charge in [-0.15, -0.1) is 0 Å². The molecule has 0 saturated carbocycles. The molecule has 3 aromatic rings. The number of anilines is 1. The molecule has 112 valence electrons. The fourth-order valence-electron chi connectivity index (χ4n) is 1.95. The van der Waals surface area contributed by atoms with Gasteiger partial charge in [-0.05, 0) is 18.2 Å². The van der Waals surface area contributed by atoms with Crippen molar-refractivity contribution < 1.29 is 9.26 Å². The van der Waals surface area contributed by atoms with Crippen LogP contribution in [0, 0.1) is 0 Å². The molecule has 0 amide bonds. The van der Waals surface area contributed by atoms with Gasteiger partial charge in [-0.1, -0.05) is 35.0 Å². The summed E-state index contributed by atoms with van der Waals surface area (Å²) in [6.07, 6.45) is 1.67. The highest BCUT2D eigenvalue weighted by Gasteiger charge is 2.10. The Bertz CT molecular complexity index is 775. The van der Waals surface area contributed by atoms with Crippen molar-refractivity contribution in [3.63, 3.8) is 0 Å². The molecule has 22 heavy (non-hydrogen) atoms. The van der Waals surface area contributed by atoms with Gasteiger partial charge in [-0.3, -0.25) is 0 Å². The Labute approximate surface area is 132 Å². The average Bonchev–Trinajstić information content (AvgIpc) is 3.02. The second kappa shape index (κ2) is 6.44.